The van der Waals surface area contributed by atoms with E-state index < -0.39 is 27.6 Å². The fourth-order valence-electron chi connectivity index (χ4n) is 1.71. The summed E-state index contributed by atoms with van der Waals surface area (Å²) < 4.78 is 23.2. The summed E-state index contributed by atoms with van der Waals surface area (Å²) in [5, 5.41) is 8.13. The summed E-state index contributed by atoms with van der Waals surface area (Å²) in [5.74, 6) is -1.70. The van der Waals surface area contributed by atoms with Crippen molar-refractivity contribution in [3.05, 3.63) is 0 Å². The lowest BCUT2D eigenvalue weighted by Gasteiger charge is -2.12. The molecule has 0 radical (unpaired) electrons. The largest absolute Gasteiger partial charge is 0.480 e. The van der Waals surface area contributed by atoms with Crippen LogP contribution in [-0.4, -0.2) is 36.5 Å². The smallest absolute Gasteiger partial charge is 0.321 e. The van der Waals surface area contributed by atoms with Crippen molar-refractivity contribution in [2.24, 2.45) is 5.73 Å². The van der Waals surface area contributed by atoms with Crippen LogP contribution in [0, 0.1) is 0 Å². The molecule has 1 saturated carbocycles. The van der Waals surface area contributed by atoms with Crippen molar-refractivity contribution in [3.63, 3.8) is 0 Å². The molecule has 1 fully saturated rings. The SMILES string of the molecule is NC(CS(=O)(=O)C1CCCC1)C(=O)O. The standard InChI is InChI=1S/C8H15NO4S/c9-7(8(10)11)5-14(12,13)6-3-1-2-4-6/h6-7H,1-5,9H2,(H,10,11). The minimum atomic E-state index is -3.31. The van der Waals surface area contributed by atoms with Crippen LogP contribution in [0.1, 0.15) is 25.7 Å². The first-order valence-electron chi connectivity index (χ1n) is 4.63. The predicted molar refractivity (Wildman–Crippen MR) is 51.7 cm³/mol. The quantitative estimate of drug-likeness (QED) is 0.682. The molecule has 0 aromatic rings. The molecule has 1 aliphatic rings. The molecule has 6 heteroatoms. The van der Waals surface area contributed by atoms with Gasteiger partial charge in [0.1, 0.15) is 6.04 Å². The molecule has 0 heterocycles. The summed E-state index contributed by atoms with van der Waals surface area (Å²) in [6.45, 7) is 0. The molecule has 0 spiro atoms. The maximum Gasteiger partial charge on any atom is 0.321 e. The zero-order valence-electron chi connectivity index (χ0n) is 7.85. The lowest BCUT2D eigenvalue weighted by molar-refractivity contribution is -0.137. The number of hydrogen-bond acceptors (Lipinski definition) is 4. The predicted octanol–water partition coefficient (Wildman–Crippen LogP) is -0.244. The average Bonchev–Trinajstić information content (AvgIpc) is 2.54. The molecule has 1 atom stereocenters. The highest BCUT2D eigenvalue weighted by atomic mass is 32.2. The van der Waals surface area contributed by atoms with E-state index in [2.05, 4.69) is 0 Å². The number of carboxylic acid groups (broad SMARTS) is 1. The molecule has 1 aliphatic carbocycles. The van der Waals surface area contributed by atoms with E-state index in [0.717, 1.165) is 12.8 Å². The Hall–Kier alpha value is -0.620. The molecule has 0 aliphatic heterocycles. The van der Waals surface area contributed by atoms with Gasteiger partial charge in [-0.1, -0.05) is 12.8 Å². The topological polar surface area (TPSA) is 97.5 Å². The van der Waals surface area contributed by atoms with Crippen molar-refractivity contribution in [1.82, 2.24) is 0 Å². The zero-order chi connectivity index (χ0) is 10.8. The molecule has 0 saturated heterocycles. The first-order chi connectivity index (χ1) is 6.43. The highest BCUT2D eigenvalue weighted by molar-refractivity contribution is 7.92. The Labute approximate surface area is 83.2 Å². The van der Waals surface area contributed by atoms with Gasteiger partial charge in [0.2, 0.25) is 0 Å². The van der Waals surface area contributed by atoms with Crippen molar-refractivity contribution in [1.29, 1.82) is 0 Å². The summed E-state index contributed by atoms with van der Waals surface area (Å²) >= 11 is 0. The van der Waals surface area contributed by atoms with Crippen LogP contribution < -0.4 is 5.73 Å². The summed E-state index contributed by atoms with van der Waals surface area (Å²) in [6.07, 6.45) is 3.11. The second-order valence-corrected chi connectivity index (χ2v) is 6.01. The second-order valence-electron chi connectivity index (χ2n) is 3.68. The number of carbonyl (C=O) groups is 1. The van der Waals surface area contributed by atoms with Gasteiger partial charge in [0, 0.05) is 0 Å². The maximum atomic E-state index is 11.6. The van der Waals surface area contributed by atoms with Gasteiger partial charge in [-0.3, -0.25) is 4.79 Å². The number of sulfone groups is 1. The van der Waals surface area contributed by atoms with Gasteiger partial charge in [0.15, 0.2) is 9.84 Å². The van der Waals surface area contributed by atoms with Crippen LogP contribution in [0.3, 0.4) is 0 Å². The first-order valence-corrected chi connectivity index (χ1v) is 6.35. The molecule has 3 N–H and O–H groups in total. The fourth-order valence-corrected chi connectivity index (χ4v) is 3.67. The Morgan fingerprint density at radius 2 is 1.93 bits per heavy atom. The number of hydrogen-bond donors (Lipinski definition) is 2. The minimum absolute atomic E-state index is 0.368. The zero-order valence-corrected chi connectivity index (χ0v) is 8.66. The van der Waals surface area contributed by atoms with E-state index in [1.165, 1.54) is 0 Å². The van der Waals surface area contributed by atoms with E-state index in [0.29, 0.717) is 12.8 Å². The third kappa shape index (κ3) is 2.68. The van der Waals surface area contributed by atoms with Gasteiger partial charge < -0.3 is 10.8 Å². The summed E-state index contributed by atoms with van der Waals surface area (Å²) in [4.78, 5) is 10.4. The second kappa shape index (κ2) is 4.27. The number of nitrogens with two attached hydrogens (primary N) is 1. The molecule has 1 unspecified atom stereocenters. The van der Waals surface area contributed by atoms with E-state index in [-0.39, 0.29) is 5.25 Å². The van der Waals surface area contributed by atoms with Crippen LogP contribution >= 0.6 is 0 Å². The Morgan fingerprint density at radius 1 is 1.43 bits per heavy atom. The number of carboxylic acids is 1. The van der Waals surface area contributed by atoms with E-state index in [9.17, 15) is 13.2 Å². The number of aliphatic carboxylic acids is 1. The molecule has 0 aromatic carbocycles. The highest BCUT2D eigenvalue weighted by Gasteiger charge is 2.31. The van der Waals surface area contributed by atoms with Gasteiger partial charge in [-0.2, -0.15) is 0 Å². The third-order valence-electron chi connectivity index (χ3n) is 2.54. The van der Waals surface area contributed by atoms with Crippen molar-refractivity contribution in [2.75, 3.05) is 5.75 Å². The lowest BCUT2D eigenvalue weighted by atomic mass is 10.4. The van der Waals surface area contributed by atoms with Crippen molar-refractivity contribution >= 4 is 15.8 Å². The normalized spacial score (nSPS) is 20.9. The Balaban J connectivity index is 2.61. The molecular weight excluding hydrogens is 206 g/mol. The minimum Gasteiger partial charge on any atom is -0.480 e. The first kappa shape index (κ1) is 11.5. The van der Waals surface area contributed by atoms with Gasteiger partial charge in [0.05, 0.1) is 11.0 Å². The Bertz CT molecular complexity index is 305. The molecule has 0 aromatic heterocycles. The van der Waals surface area contributed by atoms with E-state index >= 15 is 0 Å². The van der Waals surface area contributed by atoms with Crippen LogP contribution in [0.5, 0.6) is 0 Å². The van der Waals surface area contributed by atoms with Crippen LogP contribution in [0.25, 0.3) is 0 Å². The van der Waals surface area contributed by atoms with E-state index in [4.69, 9.17) is 10.8 Å². The highest BCUT2D eigenvalue weighted by Crippen LogP contribution is 2.25. The van der Waals surface area contributed by atoms with Gasteiger partial charge >= 0.3 is 5.97 Å². The molecule has 14 heavy (non-hydrogen) atoms. The van der Waals surface area contributed by atoms with Crippen molar-refractivity contribution in [2.45, 2.75) is 37.0 Å². The fraction of sp³-hybridized carbons (Fsp3) is 0.875. The molecule has 1 rings (SSSR count). The number of rotatable bonds is 4. The van der Waals surface area contributed by atoms with Gasteiger partial charge in [0.25, 0.3) is 0 Å². The van der Waals surface area contributed by atoms with E-state index in [1.807, 2.05) is 0 Å². The molecular formula is C8H15NO4S. The molecule has 0 amide bonds. The van der Waals surface area contributed by atoms with Gasteiger partial charge in [-0.05, 0) is 12.8 Å². The monoisotopic (exact) mass is 221 g/mol. The van der Waals surface area contributed by atoms with Gasteiger partial charge in [-0.15, -0.1) is 0 Å². The lowest BCUT2D eigenvalue weighted by Crippen LogP contribution is -2.39. The van der Waals surface area contributed by atoms with Gasteiger partial charge in [-0.25, -0.2) is 8.42 Å². The molecule has 82 valence electrons. The summed E-state index contributed by atoms with van der Waals surface area (Å²) in [5.41, 5.74) is 5.19. The maximum absolute atomic E-state index is 11.6. The van der Waals surface area contributed by atoms with Crippen LogP contribution in [0.15, 0.2) is 0 Å². The molecule has 5 nitrogen and oxygen atoms in total. The molecule has 0 bridgehead atoms. The van der Waals surface area contributed by atoms with Crippen molar-refractivity contribution in [3.8, 4) is 0 Å². The van der Waals surface area contributed by atoms with Crippen molar-refractivity contribution < 1.29 is 18.3 Å². The average molecular weight is 221 g/mol. The third-order valence-corrected chi connectivity index (χ3v) is 4.85. The summed E-state index contributed by atoms with van der Waals surface area (Å²) in [6, 6.07) is -1.29. The van der Waals surface area contributed by atoms with E-state index in [1.54, 1.807) is 0 Å². The van der Waals surface area contributed by atoms with Crippen LogP contribution in [0.4, 0.5) is 0 Å². The van der Waals surface area contributed by atoms with Crippen LogP contribution in [-0.2, 0) is 14.6 Å². The summed E-state index contributed by atoms with van der Waals surface area (Å²) in [7, 11) is -3.31. The Kier molecular flexibility index (Phi) is 3.49. The van der Waals surface area contributed by atoms with Crippen LogP contribution in [0.2, 0.25) is 0 Å². The Morgan fingerprint density at radius 3 is 2.36 bits per heavy atom.